The van der Waals surface area contributed by atoms with Gasteiger partial charge in [-0.05, 0) is 42.5 Å². The Bertz CT molecular complexity index is 929. The monoisotopic (exact) mass is 418 g/mol. The van der Waals surface area contributed by atoms with Gasteiger partial charge in [0.2, 0.25) is 5.91 Å². The molecule has 0 unspecified atom stereocenters. The molecule has 2 aliphatic rings. The number of carbonyl (C=O) groups excluding carboxylic acids is 2. The Morgan fingerprint density at radius 2 is 1.72 bits per heavy atom. The van der Waals surface area contributed by atoms with Crippen LogP contribution in [-0.4, -0.2) is 51.1 Å². The molecule has 0 saturated carbocycles. The smallest absolute Gasteiger partial charge is 0.292 e. The van der Waals surface area contributed by atoms with E-state index >= 15 is 0 Å². The number of nitrogens with one attached hydrogen (secondary N) is 1. The fourth-order valence-corrected chi connectivity index (χ4v) is 4.21. The minimum atomic E-state index is -0.577. The summed E-state index contributed by atoms with van der Waals surface area (Å²) in [7, 11) is 1.64. The minimum Gasteiger partial charge on any atom is -0.497 e. The maximum absolute atomic E-state index is 13.4. The summed E-state index contributed by atoms with van der Waals surface area (Å²) in [6, 6.07) is 11.4. The molecule has 29 heavy (non-hydrogen) atoms. The molecular weight excluding hydrogens is 397 g/mol. The molecule has 0 aromatic heterocycles. The van der Waals surface area contributed by atoms with Gasteiger partial charge in [0.1, 0.15) is 11.6 Å². The van der Waals surface area contributed by atoms with Gasteiger partial charge in [0.05, 0.1) is 50.4 Å². The Morgan fingerprint density at radius 1 is 1.07 bits per heavy atom. The van der Waals surface area contributed by atoms with Crippen molar-refractivity contribution in [1.82, 2.24) is 0 Å². The number of hydrogen-bond acceptors (Lipinski definition) is 4. The van der Waals surface area contributed by atoms with Crippen molar-refractivity contribution >= 4 is 34.8 Å². The number of ether oxygens (including phenoxy) is 1. The molecule has 2 aliphatic heterocycles. The predicted octanol–water partition coefficient (Wildman–Crippen LogP) is 1.52. The van der Waals surface area contributed by atoms with Crippen LogP contribution in [0.5, 0.6) is 5.75 Å². The van der Waals surface area contributed by atoms with E-state index < -0.39 is 11.9 Å². The van der Waals surface area contributed by atoms with Gasteiger partial charge < -0.3 is 14.5 Å². The Kier molecular flexibility index (Phi) is 5.43. The molecule has 0 radical (unpaired) electrons. The van der Waals surface area contributed by atoms with Gasteiger partial charge in [-0.1, -0.05) is 11.6 Å². The van der Waals surface area contributed by atoms with Crippen molar-refractivity contribution in [2.24, 2.45) is 0 Å². The molecule has 1 N–H and O–H groups in total. The van der Waals surface area contributed by atoms with Gasteiger partial charge in [-0.2, -0.15) is 0 Å². The molecule has 0 bridgehead atoms. The molecule has 0 spiro atoms. The molecule has 2 heterocycles. The van der Waals surface area contributed by atoms with E-state index in [4.69, 9.17) is 16.3 Å². The quantitative estimate of drug-likeness (QED) is 0.765. The van der Waals surface area contributed by atoms with Crippen molar-refractivity contribution in [3.05, 3.63) is 53.3 Å². The number of piperazine rings is 1. The van der Waals surface area contributed by atoms with Crippen LogP contribution in [0.4, 0.5) is 15.8 Å². The summed E-state index contributed by atoms with van der Waals surface area (Å²) in [5, 5.41) is -0.105. The zero-order chi connectivity index (χ0) is 20.5. The molecule has 1 atom stereocenters. The Hall–Kier alpha value is -2.64. The Balaban J connectivity index is 1.42. The van der Waals surface area contributed by atoms with E-state index in [1.165, 1.54) is 18.2 Å². The van der Waals surface area contributed by atoms with Gasteiger partial charge in [-0.25, -0.2) is 9.29 Å². The average molecular weight is 419 g/mol. The highest BCUT2D eigenvalue weighted by Gasteiger charge is 2.46. The lowest BCUT2D eigenvalue weighted by molar-refractivity contribution is -0.915. The molecule has 2 amide bonds. The highest BCUT2D eigenvalue weighted by Crippen LogP contribution is 2.27. The van der Waals surface area contributed by atoms with Crippen molar-refractivity contribution in [1.29, 1.82) is 0 Å². The summed E-state index contributed by atoms with van der Waals surface area (Å²) in [4.78, 5) is 30.0. The van der Waals surface area contributed by atoms with Crippen molar-refractivity contribution < 1.29 is 23.6 Å². The van der Waals surface area contributed by atoms with E-state index in [0.717, 1.165) is 47.4 Å². The first-order chi connectivity index (χ1) is 14.0. The number of amides is 2. The van der Waals surface area contributed by atoms with Crippen LogP contribution < -0.4 is 19.4 Å². The summed E-state index contributed by atoms with van der Waals surface area (Å²) in [6.07, 6.45) is 0.158. The largest absolute Gasteiger partial charge is 0.497 e. The number of hydrogen-bond donors (Lipinski definition) is 1. The number of carbonyl (C=O) groups is 2. The highest BCUT2D eigenvalue weighted by molar-refractivity contribution is 6.31. The summed E-state index contributed by atoms with van der Waals surface area (Å²) >= 11 is 5.82. The van der Waals surface area contributed by atoms with Gasteiger partial charge in [-0.15, -0.1) is 0 Å². The summed E-state index contributed by atoms with van der Waals surface area (Å²) in [6.45, 7) is 3.10. The summed E-state index contributed by atoms with van der Waals surface area (Å²) in [5.41, 5.74) is 1.44. The zero-order valence-electron chi connectivity index (χ0n) is 16.0. The lowest BCUT2D eigenvalue weighted by atomic mass is 10.1. The molecule has 2 aromatic carbocycles. The lowest BCUT2D eigenvalue weighted by Crippen LogP contribution is -3.19. The van der Waals surface area contributed by atoms with E-state index in [9.17, 15) is 14.0 Å². The minimum absolute atomic E-state index is 0.105. The third-order valence-corrected chi connectivity index (χ3v) is 5.93. The second-order valence-corrected chi connectivity index (χ2v) is 7.67. The number of anilines is 2. The number of benzene rings is 2. The van der Waals surface area contributed by atoms with Crippen LogP contribution in [0, 0.1) is 5.82 Å². The molecule has 152 valence electrons. The van der Waals surface area contributed by atoms with E-state index in [1.807, 2.05) is 24.3 Å². The number of quaternary nitrogens is 1. The number of rotatable bonds is 4. The number of halogens is 2. The summed E-state index contributed by atoms with van der Waals surface area (Å²) < 4.78 is 18.6. The third-order valence-electron chi connectivity index (χ3n) is 5.64. The van der Waals surface area contributed by atoms with Gasteiger partial charge >= 0.3 is 0 Å². The fraction of sp³-hybridized carbons (Fsp3) is 0.333. The van der Waals surface area contributed by atoms with Crippen LogP contribution in [0.1, 0.15) is 6.42 Å². The molecule has 8 heteroatoms. The zero-order valence-corrected chi connectivity index (χ0v) is 16.8. The second-order valence-electron chi connectivity index (χ2n) is 7.27. The number of nitrogens with zero attached hydrogens (tertiary/aromatic N) is 2. The molecule has 6 nitrogen and oxygen atoms in total. The van der Waals surface area contributed by atoms with Crippen molar-refractivity contribution in [2.45, 2.75) is 12.5 Å². The van der Waals surface area contributed by atoms with Gasteiger partial charge in [-0.3, -0.25) is 9.59 Å². The maximum atomic E-state index is 13.4. The van der Waals surface area contributed by atoms with E-state index in [2.05, 4.69) is 4.90 Å². The van der Waals surface area contributed by atoms with Crippen LogP contribution in [0.15, 0.2) is 42.5 Å². The van der Waals surface area contributed by atoms with Crippen LogP contribution in [-0.2, 0) is 9.59 Å². The van der Waals surface area contributed by atoms with E-state index in [0.29, 0.717) is 5.69 Å². The van der Waals surface area contributed by atoms with Gasteiger partial charge in [0, 0.05) is 5.69 Å². The molecule has 2 aromatic rings. The van der Waals surface area contributed by atoms with Crippen LogP contribution in [0.2, 0.25) is 5.02 Å². The number of imide groups is 1. The van der Waals surface area contributed by atoms with E-state index in [-0.39, 0.29) is 23.3 Å². The standard InChI is InChI=1S/C21H21ClFN3O3/c1-29-16-5-2-14(3-6-16)24-8-10-25(11-9-24)19-13-20(27)26(21(19)28)15-4-7-18(23)17(22)12-15/h2-7,12,19H,8-11,13H2,1H3/p+1/t19-/m0/s1. The highest BCUT2D eigenvalue weighted by atomic mass is 35.5. The first kappa shape index (κ1) is 19.7. The molecule has 4 rings (SSSR count). The summed E-state index contributed by atoms with van der Waals surface area (Å²) in [5.74, 6) is -0.279. The van der Waals surface area contributed by atoms with Crippen molar-refractivity contribution in [2.75, 3.05) is 43.1 Å². The second kappa shape index (κ2) is 8.00. The Morgan fingerprint density at radius 3 is 2.34 bits per heavy atom. The van der Waals surface area contributed by atoms with Crippen molar-refractivity contribution in [3.63, 3.8) is 0 Å². The average Bonchev–Trinajstić information content (AvgIpc) is 3.04. The van der Waals surface area contributed by atoms with Gasteiger partial charge in [0.25, 0.3) is 5.91 Å². The molecule has 2 fully saturated rings. The third kappa shape index (κ3) is 3.80. The van der Waals surface area contributed by atoms with E-state index in [1.54, 1.807) is 7.11 Å². The first-order valence-corrected chi connectivity index (χ1v) is 9.91. The van der Waals surface area contributed by atoms with Crippen LogP contribution >= 0.6 is 11.6 Å². The predicted molar refractivity (Wildman–Crippen MR) is 108 cm³/mol. The van der Waals surface area contributed by atoms with Gasteiger partial charge in [0.15, 0.2) is 6.04 Å². The van der Waals surface area contributed by atoms with Crippen LogP contribution in [0.25, 0.3) is 0 Å². The fourth-order valence-electron chi connectivity index (χ4n) is 4.04. The normalized spacial score (nSPS) is 20.4. The van der Waals surface area contributed by atoms with Crippen molar-refractivity contribution in [3.8, 4) is 5.75 Å². The molecular formula is C21H22ClFN3O3+. The Labute approximate surface area is 173 Å². The first-order valence-electron chi connectivity index (χ1n) is 9.53. The molecule has 0 aliphatic carbocycles. The number of methoxy groups -OCH3 is 1. The SMILES string of the molecule is COc1ccc(N2CC[NH+]([C@H]3CC(=O)N(c4ccc(F)c(Cl)c4)C3=O)CC2)cc1. The topological polar surface area (TPSA) is 54.3 Å². The van der Waals surface area contributed by atoms with Crippen LogP contribution in [0.3, 0.4) is 0 Å². The maximum Gasteiger partial charge on any atom is 0.292 e. The molecule has 2 saturated heterocycles. The lowest BCUT2D eigenvalue weighted by Gasteiger charge is -2.35.